The molecule has 0 aliphatic carbocycles. The first kappa shape index (κ1) is 13.4. The van der Waals surface area contributed by atoms with Crippen molar-refractivity contribution in [1.29, 1.82) is 0 Å². The number of nitrogens with one attached hydrogen (secondary N) is 1. The fourth-order valence-corrected chi connectivity index (χ4v) is 1.75. The predicted molar refractivity (Wildman–Crippen MR) is 65.7 cm³/mol. The van der Waals surface area contributed by atoms with E-state index in [4.69, 9.17) is 17.4 Å². The van der Waals surface area contributed by atoms with Gasteiger partial charge in [-0.05, 0) is 30.0 Å². The van der Waals surface area contributed by atoms with E-state index in [1.54, 1.807) is 6.07 Å². The van der Waals surface area contributed by atoms with Gasteiger partial charge in [-0.25, -0.2) is 4.39 Å². The van der Waals surface area contributed by atoms with Gasteiger partial charge < -0.3 is 0 Å². The summed E-state index contributed by atoms with van der Waals surface area (Å²) in [4.78, 5) is 0. The highest BCUT2D eigenvalue weighted by molar-refractivity contribution is 6.30. The maximum atomic E-state index is 13.2. The lowest BCUT2D eigenvalue weighted by molar-refractivity contribution is 0.369. The third-order valence-corrected chi connectivity index (χ3v) is 3.29. The Kier molecular flexibility index (Phi) is 5.19. The molecule has 2 nitrogen and oxygen atoms in total. The summed E-state index contributed by atoms with van der Waals surface area (Å²) in [6, 6.07) is 5.04. The predicted octanol–water partition coefficient (Wildman–Crippen LogP) is 2.90. The van der Waals surface area contributed by atoms with Crippen LogP contribution in [0.1, 0.15) is 25.8 Å². The van der Waals surface area contributed by atoms with Gasteiger partial charge in [0.2, 0.25) is 0 Å². The molecular weight excluding hydrogens is 227 g/mol. The van der Waals surface area contributed by atoms with Crippen LogP contribution in [0.3, 0.4) is 0 Å². The van der Waals surface area contributed by atoms with E-state index in [0.29, 0.717) is 12.3 Å². The smallest absolute Gasteiger partial charge is 0.142 e. The van der Waals surface area contributed by atoms with Gasteiger partial charge in [0.15, 0.2) is 0 Å². The summed E-state index contributed by atoms with van der Waals surface area (Å²) in [5, 5.41) is 0.157. The Bertz CT molecular complexity index is 344. The summed E-state index contributed by atoms with van der Waals surface area (Å²) in [6.07, 6.45) is 1.74. The zero-order valence-electron chi connectivity index (χ0n) is 9.63. The molecule has 0 heterocycles. The first-order chi connectivity index (χ1) is 7.58. The maximum Gasteiger partial charge on any atom is 0.142 e. The quantitative estimate of drug-likeness (QED) is 0.618. The van der Waals surface area contributed by atoms with Crippen molar-refractivity contribution in [2.24, 2.45) is 11.8 Å². The molecule has 3 N–H and O–H groups in total. The minimum Gasteiger partial charge on any atom is -0.271 e. The molecule has 0 aliphatic heterocycles. The molecule has 2 unspecified atom stereocenters. The fraction of sp³-hybridized carbons (Fsp3) is 0.500. The Morgan fingerprint density at radius 2 is 2.19 bits per heavy atom. The van der Waals surface area contributed by atoms with E-state index in [2.05, 4.69) is 19.3 Å². The van der Waals surface area contributed by atoms with E-state index in [1.807, 2.05) is 6.07 Å². The Balaban J connectivity index is 2.74. The van der Waals surface area contributed by atoms with Gasteiger partial charge in [-0.15, -0.1) is 0 Å². The number of hydrogen-bond acceptors (Lipinski definition) is 2. The van der Waals surface area contributed by atoms with Crippen LogP contribution in [-0.2, 0) is 6.42 Å². The third kappa shape index (κ3) is 3.44. The zero-order valence-corrected chi connectivity index (χ0v) is 10.4. The van der Waals surface area contributed by atoms with Gasteiger partial charge in [0.05, 0.1) is 5.02 Å². The Hall–Kier alpha value is -0.640. The number of halogens is 2. The van der Waals surface area contributed by atoms with E-state index in [0.717, 1.165) is 12.0 Å². The topological polar surface area (TPSA) is 38.0 Å². The normalized spacial score (nSPS) is 14.8. The summed E-state index contributed by atoms with van der Waals surface area (Å²) in [7, 11) is 0. The molecule has 1 rings (SSSR count). The van der Waals surface area contributed by atoms with Crippen molar-refractivity contribution in [3.8, 4) is 0 Å². The molecule has 0 radical (unpaired) electrons. The zero-order chi connectivity index (χ0) is 12.1. The SMILES string of the molecule is CCC(C)C(Cc1ccc(Cl)c(F)c1)NN. The summed E-state index contributed by atoms with van der Waals surface area (Å²) >= 11 is 5.63. The molecule has 0 amide bonds. The standard InChI is InChI=1S/C12H18ClFN2/c1-3-8(2)12(16-15)7-9-4-5-10(13)11(14)6-9/h4-6,8,12,16H,3,7,15H2,1-2H3. The van der Waals surface area contributed by atoms with Crippen molar-refractivity contribution in [2.75, 3.05) is 0 Å². The van der Waals surface area contributed by atoms with Crippen LogP contribution >= 0.6 is 11.6 Å². The molecule has 0 spiro atoms. The van der Waals surface area contributed by atoms with Crippen LogP contribution < -0.4 is 11.3 Å². The molecule has 1 aromatic carbocycles. The number of nitrogens with two attached hydrogens (primary N) is 1. The first-order valence-electron chi connectivity index (χ1n) is 5.48. The Morgan fingerprint density at radius 1 is 1.50 bits per heavy atom. The Labute approximate surface area is 101 Å². The van der Waals surface area contributed by atoms with Crippen LogP contribution in [0.4, 0.5) is 4.39 Å². The molecule has 0 bridgehead atoms. The first-order valence-corrected chi connectivity index (χ1v) is 5.86. The van der Waals surface area contributed by atoms with Crippen LogP contribution in [0.5, 0.6) is 0 Å². The molecule has 0 aliphatic rings. The van der Waals surface area contributed by atoms with Crippen LogP contribution in [0.25, 0.3) is 0 Å². The molecule has 90 valence electrons. The lowest BCUT2D eigenvalue weighted by atomic mass is 9.93. The molecule has 0 saturated heterocycles. The average molecular weight is 245 g/mol. The molecule has 16 heavy (non-hydrogen) atoms. The van der Waals surface area contributed by atoms with Crippen LogP contribution in [0, 0.1) is 11.7 Å². The van der Waals surface area contributed by atoms with Gasteiger partial charge >= 0.3 is 0 Å². The Morgan fingerprint density at radius 3 is 2.69 bits per heavy atom. The molecule has 0 fully saturated rings. The van der Waals surface area contributed by atoms with Crippen molar-refractivity contribution in [3.63, 3.8) is 0 Å². The van der Waals surface area contributed by atoms with E-state index in [-0.39, 0.29) is 16.9 Å². The number of hydrazine groups is 1. The van der Waals surface area contributed by atoms with E-state index >= 15 is 0 Å². The van der Waals surface area contributed by atoms with E-state index in [1.165, 1.54) is 6.07 Å². The third-order valence-electron chi connectivity index (χ3n) is 2.98. The summed E-state index contributed by atoms with van der Waals surface area (Å²) < 4.78 is 13.2. The monoisotopic (exact) mass is 244 g/mol. The van der Waals surface area contributed by atoms with E-state index < -0.39 is 0 Å². The molecule has 4 heteroatoms. The number of benzene rings is 1. The van der Waals surface area contributed by atoms with Crippen molar-refractivity contribution >= 4 is 11.6 Å². The van der Waals surface area contributed by atoms with Gasteiger partial charge in [-0.3, -0.25) is 11.3 Å². The average Bonchev–Trinajstić information content (AvgIpc) is 2.29. The lowest BCUT2D eigenvalue weighted by Crippen LogP contribution is -2.41. The van der Waals surface area contributed by atoms with Crippen LogP contribution in [0.15, 0.2) is 18.2 Å². The molecular formula is C12H18ClFN2. The number of hydrogen-bond donors (Lipinski definition) is 2. The minimum absolute atomic E-state index is 0.157. The van der Waals surface area contributed by atoms with Crippen molar-refractivity contribution < 1.29 is 4.39 Å². The largest absolute Gasteiger partial charge is 0.271 e. The molecule has 1 aromatic rings. The van der Waals surface area contributed by atoms with Gasteiger partial charge in [-0.2, -0.15) is 0 Å². The van der Waals surface area contributed by atoms with Crippen LogP contribution in [0.2, 0.25) is 5.02 Å². The lowest BCUT2D eigenvalue weighted by Gasteiger charge is -2.22. The van der Waals surface area contributed by atoms with Crippen molar-refractivity contribution in [3.05, 3.63) is 34.6 Å². The highest BCUT2D eigenvalue weighted by atomic mass is 35.5. The maximum absolute atomic E-state index is 13.2. The fourth-order valence-electron chi connectivity index (χ4n) is 1.63. The highest BCUT2D eigenvalue weighted by Crippen LogP contribution is 2.18. The van der Waals surface area contributed by atoms with Gasteiger partial charge in [0, 0.05) is 6.04 Å². The minimum atomic E-state index is -0.376. The van der Waals surface area contributed by atoms with Gasteiger partial charge in [0.1, 0.15) is 5.82 Å². The summed E-state index contributed by atoms with van der Waals surface area (Å²) in [6.45, 7) is 4.23. The van der Waals surface area contributed by atoms with Gasteiger partial charge in [0.25, 0.3) is 0 Å². The second-order valence-electron chi connectivity index (χ2n) is 4.11. The van der Waals surface area contributed by atoms with Crippen molar-refractivity contribution in [2.45, 2.75) is 32.7 Å². The second-order valence-corrected chi connectivity index (χ2v) is 4.52. The van der Waals surface area contributed by atoms with E-state index in [9.17, 15) is 4.39 Å². The number of rotatable bonds is 5. The second kappa shape index (κ2) is 6.18. The summed E-state index contributed by atoms with van der Waals surface area (Å²) in [5.41, 5.74) is 3.69. The molecule has 0 saturated carbocycles. The summed E-state index contributed by atoms with van der Waals surface area (Å²) in [5.74, 6) is 5.57. The van der Waals surface area contributed by atoms with Crippen LogP contribution in [-0.4, -0.2) is 6.04 Å². The molecule has 2 atom stereocenters. The molecule has 0 aromatic heterocycles. The van der Waals surface area contributed by atoms with Gasteiger partial charge in [-0.1, -0.05) is 37.9 Å². The highest BCUT2D eigenvalue weighted by Gasteiger charge is 2.15. The van der Waals surface area contributed by atoms with Crippen molar-refractivity contribution in [1.82, 2.24) is 5.43 Å².